The Hall–Kier alpha value is -0.570. The van der Waals surface area contributed by atoms with E-state index < -0.39 is 5.41 Å². The third-order valence-corrected chi connectivity index (χ3v) is 2.70. The normalized spacial score (nSPS) is 31.1. The molecule has 1 aliphatic rings. The minimum absolute atomic E-state index is 0.00926. The average Bonchev–Trinajstić information content (AvgIpc) is 2.32. The fourth-order valence-electron chi connectivity index (χ4n) is 1.57. The largest absolute Gasteiger partial charge is 0.395 e. The van der Waals surface area contributed by atoms with Gasteiger partial charge in [0.2, 0.25) is 5.91 Å². The summed E-state index contributed by atoms with van der Waals surface area (Å²) in [7, 11) is 0. The van der Waals surface area contributed by atoms with E-state index in [1.807, 2.05) is 13.8 Å². The third kappa shape index (κ3) is 1.13. The standard InChI is InChI=1S/C8H15NO2/c1-6(2)8(5-10)3-4-9-7(8)11/h6,10H,3-5H2,1-2H3,(H,9,11)/t8-/m0/s1. The summed E-state index contributed by atoms with van der Waals surface area (Å²) in [6, 6.07) is 0. The SMILES string of the molecule is CC(C)[C@@]1(CO)CCNC1=O. The van der Waals surface area contributed by atoms with Crippen LogP contribution in [0.2, 0.25) is 0 Å². The lowest BCUT2D eigenvalue weighted by Gasteiger charge is -2.27. The van der Waals surface area contributed by atoms with Crippen molar-refractivity contribution < 1.29 is 9.90 Å². The molecule has 3 heteroatoms. The molecule has 0 spiro atoms. The zero-order valence-corrected chi connectivity index (χ0v) is 7.05. The molecule has 1 rings (SSSR count). The molecule has 1 amide bonds. The second-order valence-corrected chi connectivity index (χ2v) is 3.47. The van der Waals surface area contributed by atoms with Crippen LogP contribution in [0, 0.1) is 11.3 Å². The van der Waals surface area contributed by atoms with Crippen LogP contribution in [0.5, 0.6) is 0 Å². The van der Waals surface area contributed by atoms with Gasteiger partial charge in [0.15, 0.2) is 0 Å². The molecule has 0 aromatic heterocycles. The van der Waals surface area contributed by atoms with Crippen molar-refractivity contribution in [3.8, 4) is 0 Å². The maximum Gasteiger partial charge on any atom is 0.228 e. The highest BCUT2D eigenvalue weighted by molar-refractivity contribution is 5.85. The summed E-state index contributed by atoms with van der Waals surface area (Å²) in [4.78, 5) is 11.3. The minimum Gasteiger partial charge on any atom is -0.395 e. The Labute approximate surface area is 66.8 Å². The van der Waals surface area contributed by atoms with Crippen LogP contribution in [0.4, 0.5) is 0 Å². The molecule has 1 aliphatic heterocycles. The van der Waals surface area contributed by atoms with Crippen LogP contribution in [0.1, 0.15) is 20.3 Å². The van der Waals surface area contributed by atoms with Gasteiger partial charge in [0.1, 0.15) is 0 Å². The molecule has 1 atom stereocenters. The van der Waals surface area contributed by atoms with Crippen LogP contribution in [0.25, 0.3) is 0 Å². The van der Waals surface area contributed by atoms with E-state index in [4.69, 9.17) is 5.11 Å². The summed E-state index contributed by atoms with van der Waals surface area (Å²) in [5, 5.41) is 11.8. The maximum atomic E-state index is 11.3. The second-order valence-electron chi connectivity index (χ2n) is 3.47. The monoisotopic (exact) mass is 157 g/mol. The van der Waals surface area contributed by atoms with Gasteiger partial charge in [-0.25, -0.2) is 0 Å². The summed E-state index contributed by atoms with van der Waals surface area (Å²) in [5.74, 6) is 0.227. The van der Waals surface area contributed by atoms with Crippen LogP contribution >= 0.6 is 0 Å². The average molecular weight is 157 g/mol. The zero-order chi connectivity index (χ0) is 8.48. The molecule has 0 bridgehead atoms. The summed E-state index contributed by atoms with van der Waals surface area (Å²) in [5.41, 5.74) is -0.500. The molecule has 0 saturated carbocycles. The molecule has 11 heavy (non-hydrogen) atoms. The topological polar surface area (TPSA) is 49.3 Å². The number of rotatable bonds is 2. The molecule has 0 unspecified atom stereocenters. The number of carbonyl (C=O) groups is 1. The lowest BCUT2D eigenvalue weighted by atomic mass is 9.77. The molecule has 1 heterocycles. The van der Waals surface area contributed by atoms with Gasteiger partial charge in [-0.1, -0.05) is 13.8 Å². The first-order valence-corrected chi connectivity index (χ1v) is 4.02. The highest BCUT2D eigenvalue weighted by Gasteiger charge is 2.44. The van der Waals surface area contributed by atoms with E-state index in [9.17, 15) is 4.79 Å². The lowest BCUT2D eigenvalue weighted by Crippen LogP contribution is -2.39. The van der Waals surface area contributed by atoms with Gasteiger partial charge in [-0.3, -0.25) is 4.79 Å². The van der Waals surface area contributed by atoms with Gasteiger partial charge >= 0.3 is 0 Å². The van der Waals surface area contributed by atoms with Crippen LogP contribution in [-0.2, 0) is 4.79 Å². The van der Waals surface area contributed by atoms with Crippen molar-refractivity contribution in [3.63, 3.8) is 0 Å². The molecule has 2 N–H and O–H groups in total. The van der Waals surface area contributed by atoms with E-state index in [0.29, 0.717) is 6.54 Å². The maximum absolute atomic E-state index is 11.3. The zero-order valence-electron chi connectivity index (χ0n) is 7.05. The summed E-state index contributed by atoms with van der Waals surface area (Å²) in [6.07, 6.45) is 0.764. The minimum atomic E-state index is -0.500. The van der Waals surface area contributed by atoms with Gasteiger partial charge in [-0.2, -0.15) is 0 Å². The van der Waals surface area contributed by atoms with Crippen molar-refractivity contribution in [2.75, 3.05) is 13.2 Å². The number of hydrogen-bond acceptors (Lipinski definition) is 2. The number of hydrogen-bond donors (Lipinski definition) is 2. The van der Waals surface area contributed by atoms with E-state index in [-0.39, 0.29) is 18.4 Å². The Kier molecular flexibility index (Phi) is 2.18. The molecule has 0 aromatic rings. The fourth-order valence-corrected chi connectivity index (χ4v) is 1.57. The van der Waals surface area contributed by atoms with Crippen molar-refractivity contribution in [2.45, 2.75) is 20.3 Å². The molecular weight excluding hydrogens is 142 g/mol. The number of amides is 1. The number of carbonyl (C=O) groups excluding carboxylic acids is 1. The summed E-state index contributed by atoms with van der Waals surface area (Å²) >= 11 is 0. The van der Waals surface area contributed by atoms with Crippen molar-refractivity contribution >= 4 is 5.91 Å². The van der Waals surface area contributed by atoms with Gasteiger partial charge in [0, 0.05) is 6.54 Å². The third-order valence-electron chi connectivity index (χ3n) is 2.70. The molecule has 0 aromatic carbocycles. The van der Waals surface area contributed by atoms with E-state index >= 15 is 0 Å². The van der Waals surface area contributed by atoms with E-state index in [1.54, 1.807) is 0 Å². The van der Waals surface area contributed by atoms with Crippen molar-refractivity contribution in [2.24, 2.45) is 11.3 Å². The Balaban J connectivity index is 2.82. The molecule has 0 aliphatic carbocycles. The highest BCUT2D eigenvalue weighted by Crippen LogP contribution is 2.34. The Morgan fingerprint density at radius 1 is 1.73 bits per heavy atom. The smallest absolute Gasteiger partial charge is 0.228 e. The molecule has 1 saturated heterocycles. The fraction of sp³-hybridized carbons (Fsp3) is 0.875. The first-order chi connectivity index (χ1) is 5.13. The number of aliphatic hydroxyl groups excluding tert-OH is 1. The molecule has 64 valence electrons. The molecule has 1 fully saturated rings. The lowest BCUT2D eigenvalue weighted by molar-refractivity contribution is -0.132. The van der Waals surface area contributed by atoms with Crippen LogP contribution in [0.3, 0.4) is 0 Å². The predicted molar refractivity (Wildman–Crippen MR) is 42.0 cm³/mol. The van der Waals surface area contributed by atoms with Gasteiger partial charge in [0.05, 0.1) is 12.0 Å². The second kappa shape index (κ2) is 2.81. The van der Waals surface area contributed by atoms with Gasteiger partial charge in [0.25, 0.3) is 0 Å². The van der Waals surface area contributed by atoms with E-state index in [1.165, 1.54) is 0 Å². The van der Waals surface area contributed by atoms with Crippen molar-refractivity contribution in [1.82, 2.24) is 5.32 Å². The van der Waals surface area contributed by atoms with E-state index in [0.717, 1.165) is 6.42 Å². The molecular formula is C8H15NO2. The Morgan fingerprint density at radius 2 is 2.36 bits per heavy atom. The number of nitrogens with one attached hydrogen (secondary N) is 1. The van der Waals surface area contributed by atoms with Gasteiger partial charge < -0.3 is 10.4 Å². The quantitative estimate of drug-likeness (QED) is 0.599. The summed E-state index contributed by atoms with van der Waals surface area (Å²) in [6.45, 7) is 4.62. The molecule has 0 radical (unpaired) electrons. The Morgan fingerprint density at radius 3 is 2.55 bits per heavy atom. The predicted octanol–water partition coefficient (Wildman–Crippen LogP) is 0.141. The first kappa shape index (κ1) is 8.53. The van der Waals surface area contributed by atoms with Gasteiger partial charge in [-0.15, -0.1) is 0 Å². The first-order valence-electron chi connectivity index (χ1n) is 4.02. The van der Waals surface area contributed by atoms with Crippen LogP contribution in [0.15, 0.2) is 0 Å². The Bertz CT molecular complexity index is 167. The van der Waals surface area contributed by atoms with Crippen molar-refractivity contribution in [3.05, 3.63) is 0 Å². The van der Waals surface area contributed by atoms with Crippen LogP contribution < -0.4 is 5.32 Å². The highest BCUT2D eigenvalue weighted by atomic mass is 16.3. The van der Waals surface area contributed by atoms with E-state index in [2.05, 4.69) is 5.32 Å². The van der Waals surface area contributed by atoms with Gasteiger partial charge in [-0.05, 0) is 12.3 Å². The van der Waals surface area contributed by atoms with Crippen LogP contribution in [-0.4, -0.2) is 24.2 Å². The number of aliphatic hydroxyl groups is 1. The summed E-state index contributed by atoms with van der Waals surface area (Å²) < 4.78 is 0. The molecule has 3 nitrogen and oxygen atoms in total. The van der Waals surface area contributed by atoms with Crippen molar-refractivity contribution in [1.29, 1.82) is 0 Å².